The first-order valence-electron chi connectivity index (χ1n) is 5.59. The Morgan fingerprint density at radius 1 is 1.62 bits per heavy atom. The molecular formula is C11H18N4S. The van der Waals surface area contributed by atoms with Crippen LogP contribution in [0, 0.1) is 6.92 Å². The Morgan fingerprint density at radius 2 is 2.44 bits per heavy atom. The lowest BCUT2D eigenvalue weighted by atomic mass is 10.2. The molecule has 0 aliphatic carbocycles. The van der Waals surface area contributed by atoms with Gasteiger partial charge in [-0.05, 0) is 13.8 Å². The summed E-state index contributed by atoms with van der Waals surface area (Å²) >= 11 is 2.00. The highest BCUT2D eigenvalue weighted by molar-refractivity contribution is 7.99. The molecule has 0 aromatic carbocycles. The number of thioether (sulfide) groups is 1. The highest BCUT2D eigenvalue weighted by Gasteiger charge is 2.21. The van der Waals surface area contributed by atoms with Crippen molar-refractivity contribution in [1.82, 2.24) is 9.97 Å². The first kappa shape index (κ1) is 11.7. The van der Waals surface area contributed by atoms with E-state index in [0.717, 1.165) is 35.3 Å². The van der Waals surface area contributed by atoms with E-state index in [1.165, 1.54) is 0 Å². The summed E-state index contributed by atoms with van der Waals surface area (Å²) in [5.74, 6) is 3.16. The second-order valence-electron chi connectivity index (χ2n) is 4.10. The summed E-state index contributed by atoms with van der Waals surface area (Å²) in [4.78, 5) is 11.2. The third kappa shape index (κ3) is 2.30. The van der Waals surface area contributed by atoms with Gasteiger partial charge in [0, 0.05) is 48.1 Å². The van der Waals surface area contributed by atoms with Crippen LogP contribution in [0.2, 0.25) is 0 Å². The summed E-state index contributed by atoms with van der Waals surface area (Å²) < 4.78 is 0. The second-order valence-corrected chi connectivity index (χ2v) is 5.25. The zero-order valence-electron chi connectivity index (χ0n) is 9.81. The summed E-state index contributed by atoms with van der Waals surface area (Å²) in [7, 11) is 0. The molecule has 1 fully saturated rings. The van der Waals surface area contributed by atoms with Crippen molar-refractivity contribution in [3.05, 3.63) is 17.5 Å². The van der Waals surface area contributed by atoms with Crippen LogP contribution >= 0.6 is 11.8 Å². The number of aryl methyl sites for hydroxylation is 1. The fourth-order valence-electron chi connectivity index (χ4n) is 1.84. The molecule has 1 saturated heterocycles. The van der Waals surface area contributed by atoms with Gasteiger partial charge in [0.15, 0.2) is 0 Å². The molecule has 1 aromatic rings. The minimum atomic E-state index is 0.511. The number of nitrogens with zero attached hydrogens (tertiary/aromatic N) is 3. The Morgan fingerprint density at radius 3 is 3.06 bits per heavy atom. The van der Waals surface area contributed by atoms with E-state index in [2.05, 4.69) is 21.8 Å². The molecule has 88 valence electrons. The van der Waals surface area contributed by atoms with E-state index in [0.29, 0.717) is 12.6 Å². The van der Waals surface area contributed by atoms with Crippen molar-refractivity contribution in [1.29, 1.82) is 0 Å². The van der Waals surface area contributed by atoms with E-state index in [9.17, 15) is 0 Å². The van der Waals surface area contributed by atoms with E-state index in [4.69, 9.17) is 5.73 Å². The molecule has 4 nitrogen and oxygen atoms in total. The van der Waals surface area contributed by atoms with Gasteiger partial charge < -0.3 is 10.6 Å². The lowest BCUT2D eigenvalue weighted by molar-refractivity contribution is 0.674. The summed E-state index contributed by atoms with van der Waals surface area (Å²) in [6, 6.07) is 0.516. The zero-order valence-corrected chi connectivity index (χ0v) is 10.6. The topological polar surface area (TPSA) is 55.0 Å². The summed E-state index contributed by atoms with van der Waals surface area (Å²) in [6.07, 6.45) is 1.85. The van der Waals surface area contributed by atoms with E-state index in [1.807, 2.05) is 24.9 Å². The van der Waals surface area contributed by atoms with Gasteiger partial charge in [-0.2, -0.15) is 11.8 Å². The second kappa shape index (κ2) is 5.01. The molecule has 1 unspecified atom stereocenters. The fraction of sp³-hybridized carbons (Fsp3) is 0.636. The number of nitrogens with two attached hydrogens (primary N) is 1. The highest BCUT2D eigenvalue weighted by Crippen LogP contribution is 2.21. The van der Waals surface area contributed by atoms with Gasteiger partial charge in [-0.3, -0.25) is 0 Å². The molecule has 1 aliphatic rings. The Hall–Kier alpha value is -0.810. The largest absolute Gasteiger partial charge is 0.336 e. The van der Waals surface area contributed by atoms with Crippen LogP contribution in [0.15, 0.2) is 6.20 Å². The maximum absolute atomic E-state index is 5.61. The minimum Gasteiger partial charge on any atom is -0.336 e. The van der Waals surface area contributed by atoms with Crippen LogP contribution in [0.1, 0.15) is 18.2 Å². The molecule has 2 heterocycles. The first-order valence-corrected chi connectivity index (χ1v) is 6.75. The number of aromatic nitrogens is 2. The van der Waals surface area contributed by atoms with E-state index in [1.54, 1.807) is 0 Å². The molecule has 16 heavy (non-hydrogen) atoms. The number of hydrogen-bond acceptors (Lipinski definition) is 5. The molecule has 1 atom stereocenters. The molecule has 0 amide bonds. The quantitative estimate of drug-likeness (QED) is 0.838. The summed E-state index contributed by atoms with van der Waals surface area (Å²) in [5.41, 5.74) is 7.64. The van der Waals surface area contributed by atoms with Crippen molar-refractivity contribution in [2.45, 2.75) is 26.4 Å². The van der Waals surface area contributed by atoms with Crippen molar-refractivity contribution in [3.63, 3.8) is 0 Å². The summed E-state index contributed by atoms with van der Waals surface area (Å²) in [5, 5.41) is 0. The highest BCUT2D eigenvalue weighted by atomic mass is 32.2. The van der Waals surface area contributed by atoms with E-state index < -0.39 is 0 Å². The molecule has 2 N–H and O–H groups in total. The van der Waals surface area contributed by atoms with Gasteiger partial charge >= 0.3 is 0 Å². The van der Waals surface area contributed by atoms with Gasteiger partial charge in [-0.1, -0.05) is 0 Å². The zero-order chi connectivity index (χ0) is 11.5. The molecular weight excluding hydrogens is 220 g/mol. The van der Waals surface area contributed by atoms with Crippen LogP contribution in [0.5, 0.6) is 0 Å². The van der Waals surface area contributed by atoms with Crippen LogP contribution in [0.3, 0.4) is 0 Å². The van der Waals surface area contributed by atoms with Crippen LogP contribution in [0.25, 0.3) is 0 Å². The summed E-state index contributed by atoms with van der Waals surface area (Å²) in [6.45, 7) is 5.77. The van der Waals surface area contributed by atoms with E-state index >= 15 is 0 Å². The molecule has 0 bridgehead atoms. The maximum atomic E-state index is 5.61. The van der Waals surface area contributed by atoms with Gasteiger partial charge in [0.1, 0.15) is 0 Å². The Bertz CT molecular complexity index is 369. The monoisotopic (exact) mass is 238 g/mol. The molecule has 1 aliphatic heterocycles. The number of hydrogen-bond donors (Lipinski definition) is 1. The van der Waals surface area contributed by atoms with Gasteiger partial charge in [0.25, 0.3) is 0 Å². The standard InChI is InChI=1S/C11H18N4S/c1-8-7-16-4-3-15(8)11-13-6-10(5-12)9(2)14-11/h6,8H,3-5,7,12H2,1-2H3. The maximum Gasteiger partial charge on any atom is 0.225 e. The van der Waals surface area contributed by atoms with Crippen molar-refractivity contribution < 1.29 is 0 Å². The lowest BCUT2D eigenvalue weighted by Crippen LogP contribution is -2.41. The van der Waals surface area contributed by atoms with Crippen LogP contribution in [-0.4, -0.2) is 34.1 Å². The number of rotatable bonds is 2. The van der Waals surface area contributed by atoms with Crippen LogP contribution < -0.4 is 10.6 Å². The van der Waals surface area contributed by atoms with Crippen molar-refractivity contribution in [2.24, 2.45) is 5.73 Å². The Balaban J connectivity index is 2.22. The average molecular weight is 238 g/mol. The van der Waals surface area contributed by atoms with Crippen molar-refractivity contribution in [2.75, 3.05) is 23.0 Å². The normalized spacial score (nSPS) is 21.2. The predicted octanol–water partition coefficient (Wildman–Crippen LogP) is 1.19. The van der Waals surface area contributed by atoms with Crippen molar-refractivity contribution in [3.8, 4) is 0 Å². The molecule has 2 rings (SSSR count). The van der Waals surface area contributed by atoms with E-state index in [-0.39, 0.29) is 0 Å². The Kier molecular flexibility index (Phi) is 3.66. The molecule has 5 heteroatoms. The lowest BCUT2D eigenvalue weighted by Gasteiger charge is -2.33. The number of anilines is 1. The third-order valence-corrected chi connectivity index (χ3v) is 4.10. The molecule has 0 spiro atoms. The van der Waals surface area contributed by atoms with Gasteiger partial charge in [-0.25, -0.2) is 9.97 Å². The minimum absolute atomic E-state index is 0.511. The van der Waals surface area contributed by atoms with Crippen LogP contribution in [0.4, 0.5) is 5.95 Å². The smallest absolute Gasteiger partial charge is 0.225 e. The Labute approximate surface area is 101 Å². The third-order valence-electron chi connectivity index (χ3n) is 2.91. The average Bonchev–Trinajstić information content (AvgIpc) is 2.29. The van der Waals surface area contributed by atoms with Gasteiger partial charge in [0.2, 0.25) is 5.95 Å². The first-order chi connectivity index (χ1) is 7.72. The fourth-order valence-corrected chi connectivity index (χ4v) is 2.86. The van der Waals surface area contributed by atoms with Crippen molar-refractivity contribution >= 4 is 17.7 Å². The molecule has 1 aromatic heterocycles. The van der Waals surface area contributed by atoms with Gasteiger partial charge in [-0.15, -0.1) is 0 Å². The van der Waals surface area contributed by atoms with Crippen LogP contribution in [-0.2, 0) is 6.54 Å². The predicted molar refractivity (Wildman–Crippen MR) is 68.8 cm³/mol. The molecule has 0 radical (unpaired) electrons. The van der Waals surface area contributed by atoms with Gasteiger partial charge in [0.05, 0.1) is 0 Å². The SMILES string of the molecule is Cc1nc(N2CCSCC2C)ncc1CN. The molecule has 0 saturated carbocycles.